The number of hydrogen-bond donors (Lipinski definition) is 1. The molecule has 1 aromatic heterocycles. The average Bonchev–Trinajstić information content (AvgIpc) is 3.46. The summed E-state index contributed by atoms with van der Waals surface area (Å²) in [5.41, 5.74) is 5.89. The summed E-state index contributed by atoms with van der Waals surface area (Å²) in [6, 6.07) is 27.7. The summed E-state index contributed by atoms with van der Waals surface area (Å²) >= 11 is 1.56. The van der Waals surface area contributed by atoms with Crippen LogP contribution in [0.3, 0.4) is 0 Å². The fraction of sp³-hybridized carbons (Fsp3) is 0.371. The summed E-state index contributed by atoms with van der Waals surface area (Å²) in [5, 5.41) is 12.3. The average molecular weight is 586 g/mol. The Balaban J connectivity index is 1.37. The Morgan fingerprint density at radius 1 is 0.929 bits per heavy atom. The number of benzene rings is 3. The van der Waals surface area contributed by atoms with Crippen LogP contribution in [0.25, 0.3) is 11.3 Å². The normalized spacial score (nSPS) is 11.4. The van der Waals surface area contributed by atoms with Crippen molar-refractivity contribution in [3.8, 4) is 17.0 Å². The molecule has 0 aliphatic carbocycles. The van der Waals surface area contributed by atoms with Gasteiger partial charge in [-0.3, -0.25) is 9.69 Å². The van der Waals surface area contributed by atoms with Gasteiger partial charge in [0, 0.05) is 35.8 Å². The van der Waals surface area contributed by atoms with E-state index in [9.17, 15) is 9.90 Å². The molecule has 0 spiro atoms. The standard InChI is InChI=1S/C35H43N3O3S/c1-5-28(6-2)29-16-18-31(19-17-29)38(26(3)4)22-27-12-14-30(15-13-27)33-25-42-34(36-33)23-37(24-35(39)40)20-21-41-32-10-8-7-9-11-32/h7-19,25-26,28H,5-6,20-24H2,1-4H3,(H,39,40). The van der Waals surface area contributed by atoms with Crippen LogP contribution in [0.15, 0.2) is 84.2 Å². The molecule has 1 heterocycles. The Morgan fingerprint density at radius 2 is 1.62 bits per heavy atom. The monoisotopic (exact) mass is 585 g/mol. The minimum atomic E-state index is -0.862. The van der Waals surface area contributed by atoms with Gasteiger partial charge in [-0.2, -0.15) is 0 Å². The molecule has 0 saturated carbocycles. The van der Waals surface area contributed by atoms with Crippen molar-refractivity contribution in [2.24, 2.45) is 0 Å². The van der Waals surface area contributed by atoms with Crippen molar-refractivity contribution >= 4 is 23.0 Å². The lowest BCUT2D eigenvalue weighted by atomic mass is 9.94. The van der Waals surface area contributed by atoms with Crippen LogP contribution in [0.1, 0.15) is 62.6 Å². The predicted octanol–water partition coefficient (Wildman–Crippen LogP) is 8.09. The number of thiazole rings is 1. The highest BCUT2D eigenvalue weighted by Gasteiger charge is 2.16. The van der Waals surface area contributed by atoms with Gasteiger partial charge in [0.05, 0.1) is 18.8 Å². The molecule has 6 nitrogen and oxygen atoms in total. The predicted molar refractivity (Wildman–Crippen MR) is 173 cm³/mol. The Morgan fingerprint density at radius 3 is 2.24 bits per heavy atom. The summed E-state index contributed by atoms with van der Waals surface area (Å²) in [6.07, 6.45) is 2.34. The van der Waals surface area contributed by atoms with Crippen LogP contribution in [0.2, 0.25) is 0 Å². The lowest BCUT2D eigenvalue weighted by molar-refractivity contribution is -0.138. The summed E-state index contributed by atoms with van der Waals surface area (Å²) in [7, 11) is 0. The van der Waals surface area contributed by atoms with Gasteiger partial charge in [0.15, 0.2) is 0 Å². The minimum absolute atomic E-state index is 0.0609. The number of hydrogen-bond acceptors (Lipinski definition) is 6. The van der Waals surface area contributed by atoms with Crippen molar-refractivity contribution in [3.63, 3.8) is 0 Å². The smallest absolute Gasteiger partial charge is 0.317 e. The molecule has 0 saturated heterocycles. The molecule has 222 valence electrons. The quantitative estimate of drug-likeness (QED) is 0.143. The molecule has 0 radical (unpaired) electrons. The molecule has 0 aliphatic heterocycles. The first-order chi connectivity index (χ1) is 20.4. The largest absolute Gasteiger partial charge is 0.492 e. The lowest BCUT2D eigenvalue weighted by Gasteiger charge is -2.30. The second-order valence-corrected chi connectivity index (χ2v) is 11.9. The van der Waals surface area contributed by atoms with E-state index in [2.05, 4.69) is 81.1 Å². The maximum Gasteiger partial charge on any atom is 0.317 e. The maximum absolute atomic E-state index is 11.5. The number of ether oxygens (including phenoxy) is 1. The highest BCUT2D eigenvalue weighted by atomic mass is 32.1. The van der Waals surface area contributed by atoms with Crippen molar-refractivity contribution < 1.29 is 14.6 Å². The summed E-state index contributed by atoms with van der Waals surface area (Å²) in [6.45, 7) is 11.1. The molecule has 0 aliphatic rings. The van der Waals surface area contributed by atoms with E-state index < -0.39 is 5.97 Å². The van der Waals surface area contributed by atoms with Crippen molar-refractivity contribution in [2.45, 2.75) is 65.6 Å². The number of para-hydroxylation sites is 1. The SMILES string of the molecule is CCC(CC)c1ccc(N(Cc2ccc(-c3csc(CN(CCOc4ccccc4)CC(=O)O)n3)cc2)C(C)C)cc1. The van der Waals surface area contributed by atoms with Gasteiger partial charge in [-0.25, -0.2) is 4.98 Å². The van der Waals surface area contributed by atoms with Gasteiger partial charge in [-0.15, -0.1) is 11.3 Å². The van der Waals surface area contributed by atoms with E-state index >= 15 is 0 Å². The minimum Gasteiger partial charge on any atom is -0.492 e. The molecule has 3 aromatic carbocycles. The Kier molecular flexibility index (Phi) is 11.6. The number of rotatable bonds is 16. The van der Waals surface area contributed by atoms with Crippen LogP contribution in [0.5, 0.6) is 5.75 Å². The zero-order chi connectivity index (χ0) is 29.9. The first kappa shape index (κ1) is 31.3. The third kappa shape index (κ3) is 8.91. The summed E-state index contributed by atoms with van der Waals surface area (Å²) in [5.74, 6) is 0.540. The fourth-order valence-corrected chi connectivity index (χ4v) is 6.01. The molecule has 0 fully saturated rings. The van der Waals surface area contributed by atoms with Crippen molar-refractivity contribution in [1.29, 1.82) is 0 Å². The van der Waals surface area contributed by atoms with Gasteiger partial charge in [-0.05, 0) is 68.0 Å². The van der Waals surface area contributed by atoms with E-state index in [0.29, 0.717) is 31.7 Å². The Bertz CT molecular complexity index is 1370. The first-order valence-corrected chi connectivity index (χ1v) is 15.8. The second kappa shape index (κ2) is 15.5. The fourth-order valence-electron chi connectivity index (χ4n) is 5.17. The van der Waals surface area contributed by atoms with E-state index in [0.717, 1.165) is 28.6 Å². The van der Waals surface area contributed by atoms with Gasteiger partial charge in [0.1, 0.15) is 17.4 Å². The van der Waals surface area contributed by atoms with Crippen LogP contribution in [0.4, 0.5) is 5.69 Å². The zero-order valence-corrected chi connectivity index (χ0v) is 26.0. The number of aromatic nitrogens is 1. The second-order valence-electron chi connectivity index (χ2n) is 10.9. The van der Waals surface area contributed by atoms with Crippen LogP contribution < -0.4 is 9.64 Å². The van der Waals surface area contributed by atoms with Gasteiger partial charge >= 0.3 is 5.97 Å². The molecule has 0 amide bonds. The van der Waals surface area contributed by atoms with Crippen LogP contribution in [0, 0.1) is 0 Å². The van der Waals surface area contributed by atoms with Gasteiger partial charge in [0.2, 0.25) is 0 Å². The maximum atomic E-state index is 11.5. The zero-order valence-electron chi connectivity index (χ0n) is 25.2. The molecule has 42 heavy (non-hydrogen) atoms. The number of aliphatic carboxylic acids is 1. The number of carboxylic acid groups (broad SMARTS) is 1. The molecule has 1 N–H and O–H groups in total. The number of carbonyl (C=O) groups is 1. The molecular weight excluding hydrogens is 542 g/mol. The van der Waals surface area contributed by atoms with Crippen LogP contribution in [-0.2, 0) is 17.9 Å². The summed E-state index contributed by atoms with van der Waals surface area (Å²) < 4.78 is 5.78. The molecule has 0 atom stereocenters. The topological polar surface area (TPSA) is 65.9 Å². The van der Waals surface area contributed by atoms with E-state index in [1.165, 1.54) is 29.7 Å². The van der Waals surface area contributed by atoms with Gasteiger partial charge in [0.25, 0.3) is 0 Å². The van der Waals surface area contributed by atoms with Crippen molar-refractivity contribution in [2.75, 3.05) is 24.6 Å². The molecular formula is C35H43N3O3S. The Labute approximate surface area is 254 Å². The van der Waals surface area contributed by atoms with Crippen LogP contribution >= 0.6 is 11.3 Å². The summed E-state index contributed by atoms with van der Waals surface area (Å²) in [4.78, 5) is 20.6. The number of anilines is 1. The lowest BCUT2D eigenvalue weighted by Crippen LogP contribution is -2.33. The molecule has 4 rings (SSSR count). The third-order valence-corrected chi connectivity index (χ3v) is 8.43. The van der Waals surface area contributed by atoms with Crippen LogP contribution in [-0.4, -0.2) is 46.7 Å². The molecule has 0 unspecified atom stereocenters. The van der Waals surface area contributed by atoms with Gasteiger partial charge in [-0.1, -0.05) is 68.4 Å². The Hall–Kier alpha value is -3.68. The number of carboxylic acids is 1. The van der Waals surface area contributed by atoms with E-state index in [-0.39, 0.29) is 6.54 Å². The van der Waals surface area contributed by atoms with Crippen molar-refractivity contribution in [3.05, 3.63) is 100 Å². The third-order valence-electron chi connectivity index (χ3n) is 7.60. The number of nitrogens with zero attached hydrogens (tertiary/aromatic N) is 3. The van der Waals surface area contributed by atoms with Gasteiger partial charge < -0.3 is 14.7 Å². The molecule has 7 heteroatoms. The van der Waals surface area contributed by atoms with E-state index in [1.54, 1.807) is 11.3 Å². The molecule has 0 bridgehead atoms. The van der Waals surface area contributed by atoms with Crippen molar-refractivity contribution in [1.82, 2.24) is 9.88 Å². The highest BCUT2D eigenvalue weighted by Crippen LogP contribution is 2.28. The van der Waals surface area contributed by atoms with E-state index in [1.807, 2.05) is 40.6 Å². The molecule has 4 aromatic rings. The first-order valence-electron chi connectivity index (χ1n) is 14.9. The van der Waals surface area contributed by atoms with E-state index in [4.69, 9.17) is 9.72 Å². The highest BCUT2D eigenvalue weighted by molar-refractivity contribution is 7.09.